The van der Waals surface area contributed by atoms with Gasteiger partial charge in [-0.1, -0.05) is 19.8 Å². The predicted octanol–water partition coefficient (Wildman–Crippen LogP) is 1.68. The standard InChI is InChI=1S/C17H29N3O2S/c1-2-19-9-7-14(8-10-19)18-16(21)15-11-23-12-20(15)17(22)13-5-3-4-6-13/h13-15H,2-12H2,1H3,(H,18,21)/t15-/m1/s1. The molecule has 0 aromatic heterocycles. The van der Waals surface area contributed by atoms with Gasteiger partial charge in [-0.25, -0.2) is 0 Å². The summed E-state index contributed by atoms with van der Waals surface area (Å²) in [6, 6.07) is 0.0247. The number of hydrogen-bond donors (Lipinski definition) is 1. The first kappa shape index (κ1) is 17.1. The van der Waals surface area contributed by atoms with Gasteiger partial charge in [0.2, 0.25) is 11.8 Å². The fourth-order valence-electron chi connectivity index (χ4n) is 3.98. The van der Waals surface area contributed by atoms with E-state index in [1.807, 2.05) is 4.90 Å². The molecule has 1 atom stereocenters. The molecular formula is C17H29N3O2S. The van der Waals surface area contributed by atoms with Crippen LogP contribution in [0.4, 0.5) is 0 Å². The number of likely N-dealkylation sites (tertiary alicyclic amines) is 1. The molecule has 1 aliphatic carbocycles. The van der Waals surface area contributed by atoms with Crippen LogP contribution >= 0.6 is 11.8 Å². The lowest BCUT2D eigenvalue weighted by molar-refractivity contribution is -0.141. The lowest BCUT2D eigenvalue weighted by atomic mass is 10.0. The summed E-state index contributed by atoms with van der Waals surface area (Å²) in [4.78, 5) is 29.6. The number of carbonyl (C=O) groups excluding carboxylic acids is 2. The summed E-state index contributed by atoms with van der Waals surface area (Å²) in [6.45, 7) is 5.39. The summed E-state index contributed by atoms with van der Waals surface area (Å²) in [6.07, 6.45) is 6.37. The highest BCUT2D eigenvalue weighted by Crippen LogP contribution is 2.31. The number of rotatable bonds is 4. The molecule has 2 aliphatic heterocycles. The molecule has 0 unspecified atom stereocenters. The normalized spacial score (nSPS) is 27.5. The van der Waals surface area contributed by atoms with E-state index in [-0.39, 0.29) is 29.8 Å². The Kier molecular flexibility index (Phi) is 5.85. The Bertz CT molecular complexity index is 432. The Labute approximate surface area is 143 Å². The van der Waals surface area contributed by atoms with Crippen LogP contribution in [0.5, 0.6) is 0 Å². The second-order valence-electron chi connectivity index (χ2n) is 7.02. The van der Waals surface area contributed by atoms with Crippen molar-refractivity contribution in [3.05, 3.63) is 0 Å². The van der Waals surface area contributed by atoms with Crippen molar-refractivity contribution in [2.75, 3.05) is 31.3 Å². The zero-order valence-corrected chi connectivity index (χ0v) is 14.9. The minimum Gasteiger partial charge on any atom is -0.351 e. The van der Waals surface area contributed by atoms with Crippen molar-refractivity contribution in [2.24, 2.45) is 5.92 Å². The Morgan fingerprint density at radius 1 is 1.13 bits per heavy atom. The van der Waals surface area contributed by atoms with Gasteiger partial charge in [0.15, 0.2) is 0 Å². The Morgan fingerprint density at radius 2 is 1.83 bits per heavy atom. The minimum atomic E-state index is -0.252. The Morgan fingerprint density at radius 3 is 2.48 bits per heavy atom. The van der Waals surface area contributed by atoms with Gasteiger partial charge in [0.05, 0.1) is 5.88 Å². The number of amides is 2. The molecular weight excluding hydrogens is 310 g/mol. The third kappa shape index (κ3) is 4.02. The van der Waals surface area contributed by atoms with E-state index in [1.54, 1.807) is 11.8 Å². The van der Waals surface area contributed by atoms with Crippen LogP contribution < -0.4 is 5.32 Å². The van der Waals surface area contributed by atoms with Gasteiger partial charge in [-0.05, 0) is 32.2 Å². The summed E-state index contributed by atoms with van der Waals surface area (Å²) >= 11 is 1.71. The third-order valence-electron chi connectivity index (χ3n) is 5.55. The van der Waals surface area contributed by atoms with Crippen LogP contribution in [0.15, 0.2) is 0 Å². The molecule has 3 fully saturated rings. The summed E-state index contributed by atoms with van der Waals surface area (Å²) in [5.41, 5.74) is 0. The van der Waals surface area contributed by atoms with Crippen LogP contribution in [0.1, 0.15) is 45.4 Å². The van der Waals surface area contributed by atoms with Gasteiger partial charge in [0.25, 0.3) is 0 Å². The Hall–Kier alpha value is -0.750. The second kappa shape index (κ2) is 7.88. The first-order valence-electron chi connectivity index (χ1n) is 9.10. The molecule has 0 aromatic carbocycles. The molecule has 130 valence electrons. The summed E-state index contributed by atoms with van der Waals surface area (Å²) in [5, 5.41) is 3.21. The van der Waals surface area contributed by atoms with E-state index in [9.17, 15) is 9.59 Å². The predicted molar refractivity (Wildman–Crippen MR) is 93.2 cm³/mol. The topological polar surface area (TPSA) is 52.7 Å². The van der Waals surface area contributed by atoms with Crippen LogP contribution in [0.2, 0.25) is 0 Å². The molecule has 2 amide bonds. The number of carbonyl (C=O) groups is 2. The summed E-state index contributed by atoms with van der Waals surface area (Å²) in [5.74, 6) is 1.88. The summed E-state index contributed by atoms with van der Waals surface area (Å²) < 4.78 is 0. The van der Waals surface area contributed by atoms with E-state index >= 15 is 0 Å². The highest BCUT2D eigenvalue weighted by Gasteiger charge is 2.38. The molecule has 6 heteroatoms. The fraction of sp³-hybridized carbons (Fsp3) is 0.882. The van der Waals surface area contributed by atoms with Crippen molar-refractivity contribution < 1.29 is 9.59 Å². The van der Waals surface area contributed by atoms with E-state index in [4.69, 9.17) is 0 Å². The Balaban J connectivity index is 1.52. The lowest BCUT2D eigenvalue weighted by Gasteiger charge is -2.33. The van der Waals surface area contributed by atoms with E-state index in [0.717, 1.165) is 63.9 Å². The van der Waals surface area contributed by atoms with Crippen molar-refractivity contribution >= 4 is 23.6 Å². The van der Waals surface area contributed by atoms with Gasteiger partial charge < -0.3 is 15.1 Å². The van der Waals surface area contributed by atoms with Crippen LogP contribution in [0, 0.1) is 5.92 Å². The molecule has 23 heavy (non-hydrogen) atoms. The molecule has 3 aliphatic rings. The maximum Gasteiger partial charge on any atom is 0.243 e. The maximum atomic E-state index is 12.7. The number of hydrogen-bond acceptors (Lipinski definition) is 4. The van der Waals surface area contributed by atoms with Gasteiger partial charge in [-0.15, -0.1) is 11.8 Å². The minimum absolute atomic E-state index is 0.0660. The molecule has 1 saturated carbocycles. The molecule has 0 radical (unpaired) electrons. The van der Waals surface area contributed by atoms with Crippen molar-refractivity contribution in [3.8, 4) is 0 Å². The van der Waals surface area contributed by atoms with E-state index in [0.29, 0.717) is 5.88 Å². The first-order chi connectivity index (χ1) is 11.2. The molecule has 3 rings (SSSR count). The monoisotopic (exact) mass is 339 g/mol. The zero-order valence-electron chi connectivity index (χ0n) is 14.1. The number of thioether (sulfide) groups is 1. The lowest BCUT2D eigenvalue weighted by Crippen LogP contribution is -2.53. The van der Waals surface area contributed by atoms with Crippen molar-refractivity contribution in [2.45, 2.75) is 57.5 Å². The van der Waals surface area contributed by atoms with Crippen molar-refractivity contribution in [1.29, 1.82) is 0 Å². The molecule has 2 heterocycles. The van der Waals surface area contributed by atoms with Crippen LogP contribution in [-0.4, -0.2) is 65.0 Å². The largest absolute Gasteiger partial charge is 0.351 e. The molecule has 0 aromatic rings. The number of nitrogens with one attached hydrogen (secondary N) is 1. The van der Waals surface area contributed by atoms with Crippen LogP contribution in [0.25, 0.3) is 0 Å². The fourth-order valence-corrected chi connectivity index (χ4v) is 5.14. The zero-order chi connectivity index (χ0) is 16.2. The maximum absolute atomic E-state index is 12.7. The van der Waals surface area contributed by atoms with Gasteiger partial charge in [0, 0.05) is 30.8 Å². The molecule has 2 saturated heterocycles. The van der Waals surface area contributed by atoms with E-state index in [2.05, 4.69) is 17.1 Å². The average Bonchev–Trinajstić information content (AvgIpc) is 3.26. The molecule has 0 spiro atoms. The van der Waals surface area contributed by atoms with E-state index < -0.39 is 0 Å². The van der Waals surface area contributed by atoms with Gasteiger partial charge >= 0.3 is 0 Å². The smallest absolute Gasteiger partial charge is 0.243 e. The summed E-state index contributed by atoms with van der Waals surface area (Å²) in [7, 11) is 0. The van der Waals surface area contributed by atoms with Gasteiger partial charge in [0.1, 0.15) is 6.04 Å². The highest BCUT2D eigenvalue weighted by molar-refractivity contribution is 7.99. The quantitative estimate of drug-likeness (QED) is 0.847. The average molecular weight is 340 g/mol. The SMILES string of the molecule is CCN1CCC(NC(=O)[C@H]2CSCN2C(=O)C2CCCC2)CC1. The molecule has 5 nitrogen and oxygen atoms in total. The van der Waals surface area contributed by atoms with Gasteiger partial charge in [-0.2, -0.15) is 0 Å². The first-order valence-corrected chi connectivity index (χ1v) is 10.3. The van der Waals surface area contributed by atoms with Crippen molar-refractivity contribution in [3.63, 3.8) is 0 Å². The van der Waals surface area contributed by atoms with Crippen LogP contribution in [0.3, 0.4) is 0 Å². The highest BCUT2D eigenvalue weighted by atomic mass is 32.2. The van der Waals surface area contributed by atoms with Crippen LogP contribution in [-0.2, 0) is 9.59 Å². The molecule has 1 N–H and O–H groups in total. The number of nitrogens with zero attached hydrogens (tertiary/aromatic N) is 2. The van der Waals surface area contributed by atoms with E-state index in [1.165, 1.54) is 0 Å². The molecule has 0 bridgehead atoms. The number of piperidine rings is 1. The van der Waals surface area contributed by atoms with Crippen molar-refractivity contribution in [1.82, 2.24) is 15.1 Å². The second-order valence-corrected chi connectivity index (χ2v) is 8.02. The third-order valence-corrected chi connectivity index (χ3v) is 6.57. The van der Waals surface area contributed by atoms with Gasteiger partial charge in [-0.3, -0.25) is 9.59 Å².